The summed E-state index contributed by atoms with van der Waals surface area (Å²) in [5, 5.41) is 13.7. The molecule has 0 amide bonds. The highest BCUT2D eigenvalue weighted by Crippen LogP contribution is 2.26. The highest BCUT2D eigenvalue weighted by molar-refractivity contribution is 6.31. The summed E-state index contributed by atoms with van der Waals surface area (Å²) in [4.78, 5) is 11.8. The monoisotopic (exact) mass is 344 g/mol. The summed E-state index contributed by atoms with van der Waals surface area (Å²) in [6, 6.07) is 12.6. The van der Waals surface area contributed by atoms with Gasteiger partial charge in [-0.25, -0.2) is 4.79 Å². The number of hydrogen-bond donors (Lipinski definition) is 2. The molecule has 3 N–H and O–H groups in total. The van der Waals surface area contributed by atoms with Crippen LogP contribution in [-0.2, 0) is 19.5 Å². The molecular formula is C19H19ClNO3+. The second-order valence-corrected chi connectivity index (χ2v) is 6.12. The maximum absolute atomic E-state index is 11.8. The number of quaternary nitrogens is 1. The summed E-state index contributed by atoms with van der Waals surface area (Å²) in [6.07, 6.45) is 0.712. The lowest BCUT2D eigenvalue weighted by Crippen LogP contribution is -2.80. The van der Waals surface area contributed by atoms with Crippen molar-refractivity contribution in [3.05, 3.63) is 74.6 Å². The lowest BCUT2D eigenvalue weighted by molar-refractivity contribution is -0.686. The van der Waals surface area contributed by atoms with Gasteiger partial charge in [0, 0.05) is 33.7 Å². The number of aromatic hydroxyl groups is 1. The topological polar surface area (TPSA) is 67.0 Å². The number of phenols is 1. The Morgan fingerprint density at radius 3 is 2.58 bits per heavy atom. The van der Waals surface area contributed by atoms with Gasteiger partial charge in [0.2, 0.25) is 0 Å². The molecule has 0 radical (unpaired) electrons. The van der Waals surface area contributed by atoms with Gasteiger partial charge in [0.25, 0.3) is 0 Å². The molecule has 2 aromatic carbocycles. The van der Waals surface area contributed by atoms with Crippen LogP contribution in [0.4, 0.5) is 0 Å². The summed E-state index contributed by atoms with van der Waals surface area (Å²) in [6.45, 7) is 3.32. The van der Waals surface area contributed by atoms with E-state index in [1.54, 1.807) is 0 Å². The molecule has 0 bridgehead atoms. The third kappa shape index (κ3) is 3.45. The fourth-order valence-corrected chi connectivity index (χ4v) is 3.02. The van der Waals surface area contributed by atoms with Crippen LogP contribution < -0.4 is 10.9 Å². The van der Waals surface area contributed by atoms with E-state index in [2.05, 4.69) is 5.32 Å². The second kappa shape index (κ2) is 7.07. The molecule has 0 saturated heterocycles. The van der Waals surface area contributed by atoms with Crippen molar-refractivity contribution in [2.24, 2.45) is 0 Å². The number of halogens is 1. The van der Waals surface area contributed by atoms with Gasteiger partial charge in [-0.1, -0.05) is 36.7 Å². The fraction of sp³-hybridized carbons (Fsp3) is 0.211. The molecule has 0 aliphatic heterocycles. The lowest BCUT2D eigenvalue weighted by Gasteiger charge is -2.08. The van der Waals surface area contributed by atoms with Gasteiger partial charge in [-0.2, -0.15) is 0 Å². The van der Waals surface area contributed by atoms with E-state index in [9.17, 15) is 9.90 Å². The Labute approximate surface area is 144 Å². The van der Waals surface area contributed by atoms with Gasteiger partial charge in [0.1, 0.15) is 24.4 Å². The molecule has 5 heteroatoms. The minimum Gasteiger partial charge on any atom is -0.508 e. The van der Waals surface area contributed by atoms with Crippen molar-refractivity contribution in [2.75, 3.05) is 0 Å². The highest BCUT2D eigenvalue weighted by Gasteiger charge is 2.11. The Balaban J connectivity index is 1.88. The Bertz CT molecular complexity index is 934. The molecule has 24 heavy (non-hydrogen) atoms. The Hall–Kier alpha value is -2.30. The average Bonchev–Trinajstić information content (AvgIpc) is 2.55. The summed E-state index contributed by atoms with van der Waals surface area (Å²) in [5.41, 5.74) is 2.79. The zero-order valence-electron chi connectivity index (χ0n) is 13.4. The minimum atomic E-state index is -0.410. The number of nitrogens with two attached hydrogens (primary N) is 1. The molecule has 0 saturated carbocycles. The Morgan fingerprint density at radius 2 is 1.83 bits per heavy atom. The molecule has 3 rings (SSSR count). The van der Waals surface area contributed by atoms with Gasteiger partial charge in [0.05, 0.1) is 0 Å². The number of aryl methyl sites for hydroxylation is 1. The maximum atomic E-state index is 11.8. The smallest absolute Gasteiger partial charge is 0.336 e. The SMILES string of the molecule is CCc1cc2c(C[NH2+]Cc3ccccc3Cl)cc(=O)oc2cc1O. The fourth-order valence-electron chi connectivity index (χ4n) is 2.81. The number of benzene rings is 2. The van der Waals surface area contributed by atoms with Crippen LogP contribution in [0, 0.1) is 0 Å². The molecule has 0 aliphatic rings. The predicted octanol–water partition coefficient (Wildman–Crippen LogP) is 2.98. The van der Waals surface area contributed by atoms with Crippen molar-refractivity contribution in [2.45, 2.75) is 26.4 Å². The summed E-state index contributed by atoms with van der Waals surface area (Å²) < 4.78 is 5.22. The van der Waals surface area contributed by atoms with E-state index in [-0.39, 0.29) is 5.75 Å². The first-order valence-corrected chi connectivity index (χ1v) is 8.30. The number of rotatable bonds is 5. The van der Waals surface area contributed by atoms with Crippen molar-refractivity contribution in [3.8, 4) is 5.75 Å². The Kier molecular flexibility index (Phi) is 4.88. The zero-order chi connectivity index (χ0) is 17.1. The first kappa shape index (κ1) is 16.6. The summed E-state index contributed by atoms with van der Waals surface area (Å²) >= 11 is 6.17. The van der Waals surface area contributed by atoms with Gasteiger partial charge in [0.15, 0.2) is 0 Å². The quantitative estimate of drug-likeness (QED) is 0.699. The number of fused-ring (bicyclic) bond motifs is 1. The van der Waals surface area contributed by atoms with Crippen molar-refractivity contribution >= 4 is 22.6 Å². The molecule has 3 aromatic rings. The molecule has 0 spiro atoms. The molecule has 0 fully saturated rings. The van der Waals surface area contributed by atoms with E-state index in [1.807, 2.05) is 37.3 Å². The lowest BCUT2D eigenvalue weighted by atomic mass is 10.0. The third-order valence-electron chi connectivity index (χ3n) is 4.10. The molecule has 1 aromatic heterocycles. The zero-order valence-corrected chi connectivity index (χ0v) is 14.1. The van der Waals surface area contributed by atoms with Crippen LogP contribution in [0.15, 0.2) is 51.7 Å². The van der Waals surface area contributed by atoms with Gasteiger partial charge >= 0.3 is 5.63 Å². The van der Waals surface area contributed by atoms with E-state index in [1.165, 1.54) is 12.1 Å². The van der Waals surface area contributed by atoms with E-state index >= 15 is 0 Å². The van der Waals surface area contributed by atoms with E-state index in [4.69, 9.17) is 16.0 Å². The largest absolute Gasteiger partial charge is 0.508 e. The van der Waals surface area contributed by atoms with Crippen LogP contribution in [0.1, 0.15) is 23.6 Å². The van der Waals surface area contributed by atoms with Crippen LogP contribution in [0.2, 0.25) is 5.02 Å². The van der Waals surface area contributed by atoms with E-state index < -0.39 is 5.63 Å². The van der Waals surface area contributed by atoms with Crippen molar-refractivity contribution in [1.82, 2.24) is 0 Å². The van der Waals surface area contributed by atoms with Gasteiger partial charge in [-0.15, -0.1) is 0 Å². The molecule has 0 aliphatic carbocycles. The van der Waals surface area contributed by atoms with Crippen molar-refractivity contribution in [1.29, 1.82) is 0 Å². The molecule has 124 valence electrons. The van der Waals surface area contributed by atoms with Crippen LogP contribution in [0.5, 0.6) is 5.75 Å². The van der Waals surface area contributed by atoms with E-state index in [0.717, 1.165) is 33.6 Å². The summed E-state index contributed by atoms with van der Waals surface area (Å²) in [5.74, 6) is 0.158. The normalized spacial score (nSPS) is 11.1. The highest BCUT2D eigenvalue weighted by atomic mass is 35.5. The molecular weight excluding hydrogens is 326 g/mol. The predicted molar refractivity (Wildman–Crippen MR) is 94.3 cm³/mol. The van der Waals surface area contributed by atoms with Gasteiger partial charge in [-0.05, 0) is 24.1 Å². The van der Waals surface area contributed by atoms with Crippen LogP contribution in [0.25, 0.3) is 11.0 Å². The van der Waals surface area contributed by atoms with Crippen LogP contribution in [-0.4, -0.2) is 5.11 Å². The molecule has 1 heterocycles. The number of hydrogen-bond acceptors (Lipinski definition) is 3. The minimum absolute atomic E-state index is 0.158. The Morgan fingerprint density at radius 1 is 1.08 bits per heavy atom. The molecule has 4 nitrogen and oxygen atoms in total. The van der Waals surface area contributed by atoms with Crippen molar-refractivity contribution in [3.63, 3.8) is 0 Å². The standard InChI is InChI=1S/C19H18ClNO3/c1-2-12-7-15-14(8-19(23)24-18(15)9-17(12)22)11-21-10-13-5-3-4-6-16(13)20/h3-9,21-22H,2,10-11H2,1H3/p+1. The van der Waals surface area contributed by atoms with Gasteiger partial charge in [-0.3, -0.25) is 0 Å². The number of phenolic OH excluding ortho intramolecular Hbond substituents is 1. The van der Waals surface area contributed by atoms with E-state index in [0.29, 0.717) is 18.5 Å². The molecule has 0 unspecified atom stereocenters. The first-order valence-electron chi connectivity index (χ1n) is 7.92. The van der Waals surface area contributed by atoms with Gasteiger partial charge < -0.3 is 14.8 Å². The maximum Gasteiger partial charge on any atom is 0.336 e. The van der Waals surface area contributed by atoms with Crippen LogP contribution in [0.3, 0.4) is 0 Å². The first-order chi connectivity index (χ1) is 11.6. The van der Waals surface area contributed by atoms with Crippen LogP contribution >= 0.6 is 11.6 Å². The summed E-state index contributed by atoms with van der Waals surface area (Å²) in [7, 11) is 0. The average molecular weight is 345 g/mol. The third-order valence-corrected chi connectivity index (χ3v) is 4.47. The second-order valence-electron chi connectivity index (χ2n) is 5.71. The molecule has 0 atom stereocenters. The van der Waals surface area contributed by atoms with Crippen molar-refractivity contribution < 1.29 is 14.8 Å².